The fourth-order valence-corrected chi connectivity index (χ4v) is 3.20. The van der Waals surface area contributed by atoms with Crippen molar-refractivity contribution in [3.8, 4) is 0 Å². The number of aliphatic imine (C=N–C) groups is 1. The highest BCUT2D eigenvalue weighted by Crippen LogP contribution is 2.17. The second-order valence-electron chi connectivity index (χ2n) is 6.59. The molecule has 1 aliphatic carbocycles. The van der Waals surface area contributed by atoms with Gasteiger partial charge >= 0.3 is 0 Å². The summed E-state index contributed by atoms with van der Waals surface area (Å²) in [5, 5.41) is 6.42. The molecular weight excluding hydrogens is 429 g/mol. The summed E-state index contributed by atoms with van der Waals surface area (Å²) in [7, 11) is 5.81. The van der Waals surface area contributed by atoms with E-state index in [2.05, 4.69) is 31.2 Å². The molecule has 1 amide bonds. The topological polar surface area (TPSA) is 61.7 Å². The third-order valence-corrected chi connectivity index (χ3v) is 4.63. The lowest BCUT2D eigenvalue weighted by Crippen LogP contribution is -2.42. The first kappa shape index (κ1) is 21.8. The highest BCUT2D eigenvalue weighted by Gasteiger charge is 2.15. The molecule has 1 aromatic rings. The van der Waals surface area contributed by atoms with Gasteiger partial charge in [0, 0.05) is 52.0 Å². The molecule has 2 rings (SSSR count). The Morgan fingerprint density at radius 1 is 1.36 bits per heavy atom. The number of guanidine groups is 1. The van der Waals surface area contributed by atoms with Crippen LogP contribution in [0.15, 0.2) is 23.3 Å². The van der Waals surface area contributed by atoms with Gasteiger partial charge in [-0.05, 0) is 25.0 Å². The molecule has 7 heteroatoms. The monoisotopic (exact) mass is 461 g/mol. The first-order chi connectivity index (χ1) is 11.6. The van der Waals surface area contributed by atoms with Crippen LogP contribution in [0.4, 0.5) is 0 Å². The van der Waals surface area contributed by atoms with Crippen molar-refractivity contribution < 1.29 is 4.79 Å². The van der Waals surface area contributed by atoms with Gasteiger partial charge in [-0.1, -0.05) is 19.3 Å². The summed E-state index contributed by atoms with van der Waals surface area (Å²) in [4.78, 5) is 18.4. The van der Waals surface area contributed by atoms with Crippen LogP contribution < -0.4 is 10.6 Å². The largest absolute Gasteiger partial charge is 0.356 e. The van der Waals surface area contributed by atoms with E-state index in [0.717, 1.165) is 25.3 Å². The predicted molar refractivity (Wildman–Crippen MR) is 113 cm³/mol. The summed E-state index contributed by atoms with van der Waals surface area (Å²) in [6.07, 6.45) is 8.54. The Kier molecular flexibility index (Phi) is 9.92. The van der Waals surface area contributed by atoms with E-state index >= 15 is 0 Å². The van der Waals surface area contributed by atoms with Gasteiger partial charge in [0.15, 0.2) is 5.96 Å². The van der Waals surface area contributed by atoms with Crippen LogP contribution in [0.3, 0.4) is 0 Å². The standard InChI is InChI=1S/C18H31N5O.HI/c1-19-18(23(3)14-16-10-7-13-22(16)2)20-12-11-17(24)21-15-8-5-4-6-9-15;/h7,10,13,15H,4-6,8-9,11-12,14H2,1-3H3,(H,19,20)(H,21,24);1H. The third-order valence-electron chi connectivity index (χ3n) is 4.63. The van der Waals surface area contributed by atoms with Gasteiger partial charge in [-0.3, -0.25) is 9.79 Å². The molecule has 1 fully saturated rings. The van der Waals surface area contributed by atoms with Crippen LogP contribution in [0.1, 0.15) is 44.2 Å². The summed E-state index contributed by atoms with van der Waals surface area (Å²) in [5.74, 6) is 0.941. The molecule has 0 radical (unpaired) electrons. The molecule has 0 unspecified atom stereocenters. The summed E-state index contributed by atoms with van der Waals surface area (Å²) in [6, 6.07) is 4.52. The quantitative estimate of drug-likeness (QED) is 0.389. The van der Waals surface area contributed by atoms with Crippen LogP contribution in [-0.4, -0.2) is 48.0 Å². The highest BCUT2D eigenvalue weighted by molar-refractivity contribution is 14.0. The lowest BCUT2D eigenvalue weighted by molar-refractivity contribution is -0.121. The fourth-order valence-electron chi connectivity index (χ4n) is 3.20. The molecule has 1 saturated carbocycles. The Hall–Kier alpha value is -1.25. The average Bonchev–Trinajstić information content (AvgIpc) is 2.97. The molecule has 2 N–H and O–H groups in total. The van der Waals surface area contributed by atoms with E-state index in [1.165, 1.54) is 25.0 Å². The molecule has 1 aliphatic rings. The van der Waals surface area contributed by atoms with Gasteiger partial charge in [0.2, 0.25) is 5.91 Å². The zero-order valence-corrected chi connectivity index (χ0v) is 18.0. The SMILES string of the molecule is CN=C(NCCC(=O)NC1CCCCC1)N(C)Cc1cccn1C.I. The number of hydrogen-bond donors (Lipinski definition) is 2. The van der Waals surface area contributed by atoms with Gasteiger partial charge in [-0.2, -0.15) is 0 Å². The number of carbonyl (C=O) groups is 1. The Balaban J connectivity index is 0.00000312. The Morgan fingerprint density at radius 3 is 2.68 bits per heavy atom. The van der Waals surface area contributed by atoms with Crippen molar-refractivity contribution in [3.63, 3.8) is 0 Å². The molecule has 0 saturated heterocycles. The van der Waals surface area contributed by atoms with Crippen LogP contribution in [0, 0.1) is 0 Å². The molecule has 0 aromatic carbocycles. The number of amides is 1. The zero-order chi connectivity index (χ0) is 17.4. The van der Waals surface area contributed by atoms with Crippen molar-refractivity contribution in [1.82, 2.24) is 20.1 Å². The van der Waals surface area contributed by atoms with Crippen molar-refractivity contribution >= 4 is 35.8 Å². The van der Waals surface area contributed by atoms with Gasteiger partial charge < -0.3 is 20.1 Å². The average molecular weight is 461 g/mol. The minimum Gasteiger partial charge on any atom is -0.356 e. The van der Waals surface area contributed by atoms with Gasteiger partial charge in [0.25, 0.3) is 0 Å². The van der Waals surface area contributed by atoms with Crippen molar-refractivity contribution in [2.75, 3.05) is 20.6 Å². The second-order valence-corrected chi connectivity index (χ2v) is 6.59. The molecule has 0 bridgehead atoms. The number of rotatable bonds is 6. The van der Waals surface area contributed by atoms with E-state index < -0.39 is 0 Å². The maximum absolute atomic E-state index is 12.0. The molecule has 0 aliphatic heterocycles. The normalized spacial score (nSPS) is 15.4. The number of nitrogens with zero attached hydrogens (tertiary/aromatic N) is 3. The molecule has 0 atom stereocenters. The zero-order valence-electron chi connectivity index (χ0n) is 15.6. The van der Waals surface area contributed by atoms with Crippen molar-refractivity contribution in [1.29, 1.82) is 0 Å². The van der Waals surface area contributed by atoms with Gasteiger partial charge in [-0.15, -0.1) is 24.0 Å². The summed E-state index contributed by atoms with van der Waals surface area (Å²) in [5.41, 5.74) is 1.22. The number of hydrogen-bond acceptors (Lipinski definition) is 2. The number of nitrogens with one attached hydrogen (secondary N) is 2. The molecule has 1 aromatic heterocycles. The van der Waals surface area contributed by atoms with Crippen LogP contribution >= 0.6 is 24.0 Å². The molecule has 6 nitrogen and oxygen atoms in total. The molecule has 1 heterocycles. The second kappa shape index (κ2) is 11.4. The van der Waals surface area contributed by atoms with Crippen LogP contribution in [-0.2, 0) is 18.4 Å². The first-order valence-electron chi connectivity index (χ1n) is 8.91. The number of carbonyl (C=O) groups excluding carboxylic acids is 1. The fraction of sp³-hybridized carbons (Fsp3) is 0.667. The first-order valence-corrected chi connectivity index (χ1v) is 8.91. The maximum atomic E-state index is 12.0. The predicted octanol–water partition coefficient (Wildman–Crippen LogP) is 2.49. The third kappa shape index (κ3) is 7.25. The molecule has 142 valence electrons. The summed E-state index contributed by atoms with van der Waals surface area (Å²) in [6.45, 7) is 1.38. The number of aromatic nitrogens is 1. The van der Waals surface area contributed by atoms with Gasteiger partial charge in [0.05, 0.1) is 6.54 Å². The molecule has 0 spiro atoms. The minimum atomic E-state index is 0. The van der Waals surface area contributed by atoms with Crippen molar-refractivity contribution in [3.05, 3.63) is 24.0 Å². The van der Waals surface area contributed by atoms with E-state index in [1.54, 1.807) is 7.05 Å². The smallest absolute Gasteiger partial charge is 0.221 e. The maximum Gasteiger partial charge on any atom is 0.221 e. The van der Waals surface area contributed by atoms with E-state index in [4.69, 9.17) is 0 Å². The molecule has 25 heavy (non-hydrogen) atoms. The Morgan fingerprint density at radius 2 is 2.08 bits per heavy atom. The summed E-state index contributed by atoms with van der Waals surface area (Å²) >= 11 is 0. The molecular formula is C18H32IN5O. The van der Waals surface area contributed by atoms with Crippen LogP contribution in [0.25, 0.3) is 0 Å². The Labute approximate surface area is 168 Å². The number of halogens is 1. The minimum absolute atomic E-state index is 0. The van der Waals surface area contributed by atoms with E-state index in [0.29, 0.717) is 19.0 Å². The van der Waals surface area contributed by atoms with Crippen LogP contribution in [0.5, 0.6) is 0 Å². The van der Waals surface area contributed by atoms with E-state index in [1.807, 2.05) is 26.4 Å². The van der Waals surface area contributed by atoms with Crippen molar-refractivity contribution in [2.24, 2.45) is 12.0 Å². The van der Waals surface area contributed by atoms with Gasteiger partial charge in [-0.25, -0.2) is 0 Å². The Bertz CT molecular complexity index is 551. The number of aryl methyl sites for hydroxylation is 1. The van der Waals surface area contributed by atoms with E-state index in [-0.39, 0.29) is 29.9 Å². The lowest BCUT2D eigenvalue weighted by atomic mass is 9.95. The van der Waals surface area contributed by atoms with Gasteiger partial charge in [0.1, 0.15) is 0 Å². The highest BCUT2D eigenvalue weighted by atomic mass is 127. The van der Waals surface area contributed by atoms with Crippen molar-refractivity contribution in [2.45, 2.75) is 51.1 Å². The van der Waals surface area contributed by atoms with E-state index in [9.17, 15) is 4.79 Å². The lowest BCUT2D eigenvalue weighted by Gasteiger charge is -2.24. The summed E-state index contributed by atoms with van der Waals surface area (Å²) < 4.78 is 2.10. The van der Waals surface area contributed by atoms with Crippen LogP contribution in [0.2, 0.25) is 0 Å².